The van der Waals surface area contributed by atoms with Crippen molar-refractivity contribution >= 4 is 11.9 Å². The van der Waals surface area contributed by atoms with Gasteiger partial charge in [0.1, 0.15) is 0 Å². The molecule has 1 aliphatic rings. The number of alkyl halides is 3. The first-order valence-corrected chi connectivity index (χ1v) is 9.11. The molecule has 0 bridgehead atoms. The Bertz CT molecular complexity index is 949. The third-order valence-corrected chi connectivity index (χ3v) is 5.46. The molecule has 160 valence electrons. The maximum Gasteiger partial charge on any atom is 0.416 e. The molecule has 1 aliphatic heterocycles. The number of carbonyl (C=O) groups excluding carboxylic acids is 2. The fourth-order valence-electron chi connectivity index (χ4n) is 4.32. The van der Waals surface area contributed by atoms with Crippen molar-refractivity contribution in [3.8, 4) is 6.07 Å². The van der Waals surface area contributed by atoms with Gasteiger partial charge in [-0.3, -0.25) is 0 Å². The van der Waals surface area contributed by atoms with Gasteiger partial charge in [-0.05, 0) is 31.9 Å². The normalized spacial score (nSPS) is 16.5. The Morgan fingerprint density at radius 2 is 1.60 bits per heavy atom. The summed E-state index contributed by atoms with van der Waals surface area (Å²) in [5.74, 6) is -3.58. The number of hydrogen-bond acceptors (Lipinski definition) is 6. The lowest BCUT2D eigenvalue weighted by molar-refractivity contribution is -0.301. The molecule has 0 atom stereocenters. The van der Waals surface area contributed by atoms with Gasteiger partial charge in [-0.1, -0.05) is 25.1 Å². The standard InChI is InChI=1S/C21H21F3N2O4/c1-4-20(14-8-5-6-9-15(14)21(22,23)24)16(18(27)28)12(2)26(11-7-10-25)13(3)17(20)19(29)30/h5-6,8-9H,4,7,11H2,1-3H3,(H,27,28)(H,29,30)/p-2. The second-order valence-corrected chi connectivity index (χ2v) is 6.86. The molecule has 0 unspecified atom stereocenters. The van der Waals surface area contributed by atoms with Crippen molar-refractivity contribution in [2.75, 3.05) is 6.54 Å². The van der Waals surface area contributed by atoms with Gasteiger partial charge in [0.2, 0.25) is 0 Å². The third kappa shape index (κ3) is 3.54. The molecule has 1 heterocycles. The van der Waals surface area contributed by atoms with Crippen LogP contribution in [0.15, 0.2) is 46.8 Å². The number of carbonyl (C=O) groups is 2. The number of nitriles is 1. The summed E-state index contributed by atoms with van der Waals surface area (Å²) in [5, 5.41) is 33.3. The molecule has 0 amide bonds. The first-order chi connectivity index (χ1) is 13.9. The van der Waals surface area contributed by atoms with Crippen molar-refractivity contribution < 1.29 is 33.0 Å². The van der Waals surface area contributed by atoms with Crippen molar-refractivity contribution in [1.82, 2.24) is 4.90 Å². The van der Waals surface area contributed by atoms with Crippen LogP contribution in [-0.2, 0) is 21.2 Å². The zero-order chi connectivity index (χ0) is 22.9. The lowest BCUT2D eigenvalue weighted by Gasteiger charge is -2.48. The average Bonchev–Trinajstić information content (AvgIpc) is 2.65. The third-order valence-electron chi connectivity index (χ3n) is 5.46. The number of hydrogen-bond donors (Lipinski definition) is 0. The van der Waals surface area contributed by atoms with E-state index in [4.69, 9.17) is 5.26 Å². The van der Waals surface area contributed by atoms with Gasteiger partial charge in [-0.25, -0.2) is 0 Å². The molecular weight excluding hydrogens is 401 g/mol. The minimum absolute atomic E-state index is 0.0200. The van der Waals surface area contributed by atoms with E-state index in [9.17, 15) is 33.0 Å². The van der Waals surface area contributed by atoms with Crippen LogP contribution in [0, 0.1) is 11.3 Å². The summed E-state index contributed by atoms with van der Waals surface area (Å²) in [4.78, 5) is 25.7. The summed E-state index contributed by atoms with van der Waals surface area (Å²) in [6.45, 7) is 4.09. The van der Waals surface area contributed by atoms with Gasteiger partial charge in [0, 0.05) is 29.1 Å². The molecular formula is C21H19F3N2O4-2. The number of carboxylic acids is 2. The molecule has 9 heteroatoms. The molecule has 0 aromatic heterocycles. The first-order valence-electron chi connectivity index (χ1n) is 9.11. The van der Waals surface area contributed by atoms with Gasteiger partial charge < -0.3 is 24.7 Å². The van der Waals surface area contributed by atoms with Crippen LogP contribution in [0.25, 0.3) is 0 Å². The van der Waals surface area contributed by atoms with E-state index >= 15 is 0 Å². The van der Waals surface area contributed by atoms with Gasteiger partial charge in [0.15, 0.2) is 0 Å². The smallest absolute Gasteiger partial charge is 0.416 e. The van der Waals surface area contributed by atoms with E-state index in [-0.39, 0.29) is 30.8 Å². The summed E-state index contributed by atoms with van der Waals surface area (Å²) in [5.41, 5.74) is -4.94. The molecule has 0 saturated carbocycles. The Balaban J connectivity index is 3.05. The SMILES string of the molecule is CCC1(c2ccccc2C(F)(F)F)C(C(=O)[O-])=C(C)N(CCC#N)C(C)=C1C(=O)[O-]. The quantitative estimate of drug-likeness (QED) is 0.692. The Morgan fingerprint density at radius 3 is 2.00 bits per heavy atom. The van der Waals surface area contributed by atoms with Crippen molar-refractivity contribution in [3.63, 3.8) is 0 Å². The zero-order valence-electron chi connectivity index (χ0n) is 16.6. The van der Waals surface area contributed by atoms with Gasteiger partial charge >= 0.3 is 6.18 Å². The van der Waals surface area contributed by atoms with Crippen LogP contribution in [0.5, 0.6) is 0 Å². The van der Waals surface area contributed by atoms with Gasteiger partial charge in [-0.15, -0.1) is 0 Å². The fourth-order valence-corrected chi connectivity index (χ4v) is 4.32. The molecule has 0 spiro atoms. The van der Waals surface area contributed by atoms with Crippen LogP contribution in [0.3, 0.4) is 0 Å². The summed E-state index contributed by atoms with van der Waals surface area (Å²) >= 11 is 0. The number of rotatable bonds is 6. The minimum atomic E-state index is -4.85. The fraction of sp³-hybridized carbons (Fsp3) is 0.381. The molecule has 0 N–H and O–H groups in total. The number of aliphatic carboxylic acids is 2. The van der Waals surface area contributed by atoms with E-state index in [2.05, 4.69) is 0 Å². The van der Waals surface area contributed by atoms with Crippen molar-refractivity contribution in [2.45, 2.75) is 45.2 Å². The summed E-state index contributed by atoms with van der Waals surface area (Å²) in [7, 11) is 0. The van der Waals surface area contributed by atoms with Crippen LogP contribution < -0.4 is 10.2 Å². The summed E-state index contributed by atoms with van der Waals surface area (Å²) in [6.07, 6.45) is -5.21. The first kappa shape index (κ1) is 23.0. The number of allylic oxidation sites excluding steroid dienone is 2. The number of nitrogens with zero attached hydrogens (tertiary/aromatic N) is 2. The number of carboxylic acid groups (broad SMARTS) is 2. The van der Waals surface area contributed by atoms with E-state index < -0.39 is 45.8 Å². The number of benzene rings is 1. The van der Waals surface area contributed by atoms with Crippen LogP contribution in [0.4, 0.5) is 13.2 Å². The van der Waals surface area contributed by atoms with Gasteiger partial charge in [0.25, 0.3) is 0 Å². The van der Waals surface area contributed by atoms with E-state index in [1.807, 2.05) is 6.07 Å². The Morgan fingerprint density at radius 1 is 1.10 bits per heavy atom. The monoisotopic (exact) mass is 420 g/mol. The van der Waals surface area contributed by atoms with E-state index in [0.717, 1.165) is 18.2 Å². The molecule has 1 aromatic carbocycles. The molecule has 0 radical (unpaired) electrons. The van der Waals surface area contributed by atoms with Crippen molar-refractivity contribution in [3.05, 3.63) is 57.9 Å². The maximum absolute atomic E-state index is 13.8. The van der Waals surface area contributed by atoms with Crippen LogP contribution in [0.1, 0.15) is 44.7 Å². The van der Waals surface area contributed by atoms with Crippen molar-refractivity contribution in [1.29, 1.82) is 5.26 Å². The van der Waals surface area contributed by atoms with Crippen LogP contribution in [0.2, 0.25) is 0 Å². The lowest BCUT2D eigenvalue weighted by Crippen LogP contribution is -2.51. The van der Waals surface area contributed by atoms with E-state index in [0.29, 0.717) is 0 Å². The molecule has 2 rings (SSSR count). The molecule has 0 fully saturated rings. The second-order valence-electron chi connectivity index (χ2n) is 6.86. The zero-order valence-corrected chi connectivity index (χ0v) is 16.6. The summed E-state index contributed by atoms with van der Waals surface area (Å²) < 4.78 is 41.4. The molecule has 1 aromatic rings. The predicted molar refractivity (Wildman–Crippen MR) is 95.8 cm³/mol. The molecule has 30 heavy (non-hydrogen) atoms. The highest BCUT2D eigenvalue weighted by Gasteiger charge is 2.49. The highest BCUT2D eigenvalue weighted by molar-refractivity contribution is 5.99. The Kier molecular flexibility index (Phi) is 6.30. The Labute approximate surface area is 171 Å². The van der Waals surface area contributed by atoms with Crippen molar-refractivity contribution in [2.24, 2.45) is 0 Å². The Hall–Kier alpha value is -3.28. The largest absolute Gasteiger partial charge is 0.545 e. The van der Waals surface area contributed by atoms with Gasteiger partial charge in [-0.2, -0.15) is 18.4 Å². The second kappa shape index (κ2) is 8.22. The topological polar surface area (TPSA) is 107 Å². The van der Waals surface area contributed by atoms with Crippen LogP contribution in [-0.4, -0.2) is 23.4 Å². The van der Waals surface area contributed by atoms with E-state index in [1.165, 1.54) is 31.7 Å². The van der Waals surface area contributed by atoms with E-state index in [1.54, 1.807) is 0 Å². The molecule has 6 nitrogen and oxygen atoms in total. The van der Waals surface area contributed by atoms with Crippen LogP contribution >= 0.6 is 0 Å². The summed E-state index contributed by atoms with van der Waals surface area (Å²) in [6, 6.07) is 6.16. The minimum Gasteiger partial charge on any atom is -0.545 e. The molecule has 0 saturated heterocycles. The maximum atomic E-state index is 13.8. The van der Waals surface area contributed by atoms with Gasteiger partial charge in [0.05, 0.1) is 35.4 Å². The molecule has 0 aliphatic carbocycles. The predicted octanol–water partition coefficient (Wildman–Crippen LogP) is 1.63. The number of halogens is 3. The highest BCUT2D eigenvalue weighted by atomic mass is 19.4. The average molecular weight is 420 g/mol. The highest BCUT2D eigenvalue weighted by Crippen LogP contribution is 2.51. The lowest BCUT2D eigenvalue weighted by atomic mass is 9.62.